The van der Waals surface area contributed by atoms with Crippen LogP contribution in [-0.2, 0) is 4.79 Å². The molecule has 3 nitrogen and oxygen atoms in total. The Labute approximate surface area is 111 Å². The van der Waals surface area contributed by atoms with Gasteiger partial charge in [0.2, 0.25) is 5.91 Å². The van der Waals surface area contributed by atoms with Crippen molar-refractivity contribution in [3.63, 3.8) is 0 Å². The predicted molar refractivity (Wildman–Crippen MR) is 74.5 cm³/mol. The first-order chi connectivity index (χ1) is 8.57. The topological polar surface area (TPSA) is 32.3 Å². The van der Waals surface area contributed by atoms with Gasteiger partial charge in [0.15, 0.2) is 0 Å². The fraction of sp³-hybridized carbons (Fsp3) is 0.933. The van der Waals surface area contributed by atoms with Crippen molar-refractivity contribution in [3.05, 3.63) is 0 Å². The fourth-order valence-electron chi connectivity index (χ4n) is 3.18. The van der Waals surface area contributed by atoms with E-state index in [4.69, 9.17) is 0 Å². The molecule has 0 bridgehead atoms. The van der Waals surface area contributed by atoms with Gasteiger partial charge >= 0.3 is 0 Å². The molecule has 0 aromatic heterocycles. The van der Waals surface area contributed by atoms with Gasteiger partial charge in [0.25, 0.3) is 0 Å². The highest BCUT2D eigenvalue weighted by atomic mass is 16.2. The summed E-state index contributed by atoms with van der Waals surface area (Å²) in [6.07, 6.45) is 8.72. The monoisotopic (exact) mass is 252 g/mol. The molecule has 1 heterocycles. The second-order valence-corrected chi connectivity index (χ2v) is 6.76. The van der Waals surface area contributed by atoms with E-state index in [-0.39, 0.29) is 0 Å². The Kier molecular flexibility index (Phi) is 4.66. The minimum Gasteiger partial charge on any atom is -0.342 e. The summed E-state index contributed by atoms with van der Waals surface area (Å²) in [5.41, 5.74) is 0.495. The third-order valence-electron chi connectivity index (χ3n) is 4.58. The van der Waals surface area contributed by atoms with Crippen molar-refractivity contribution < 1.29 is 4.79 Å². The third kappa shape index (κ3) is 3.98. The summed E-state index contributed by atoms with van der Waals surface area (Å²) in [6.45, 7) is 7.22. The van der Waals surface area contributed by atoms with E-state index < -0.39 is 0 Å². The summed E-state index contributed by atoms with van der Waals surface area (Å²) in [6, 6.07) is 0.554. The van der Waals surface area contributed by atoms with Crippen molar-refractivity contribution in [2.24, 2.45) is 5.41 Å². The molecule has 2 aliphatic rings. The van der Waals surface area contributed by atoms with Crippen LogP contribution in [0.25, 0.3) is 0 Å². The van der Waals surface area contributed by atoms with Crippen LogP contribution in [0.15, 0.2) is 0 Å². The predicted octanol–water partition coefficient (Wildman–Crippen LogP) is 2.56. The van der Waals surface area contributed by atoms with E-state index in [0.717, 1.165) is 13.1 Å². The van der Waals surface area contributed by atoms with Crippen LogP contribution in [0.4, 0.5) is 0 Å². The molecular weight excluding hydrogens is 224 g/mol. The number of rotatable bonds is 3. The maximum absolute atomic E-state index is 12.0. The SMILES string of the molecule is CC1(C)CCCC(NCC(=O)N2CCCC2)CC1. The van der Waals surface area contributed by atoms with Crippen molar-refractivity contribution >= 4 is 5.91 Å². The van der Waals surface area contributed by atoms with Crippen molar-refractivity contribution in [2.75, 3.05) is 19.6 Å². The molecule has 1 N–H and O–H groups in total. The van der Waals surface area contributed by atoms with E-state index in [1.165, 1.54) is 44.9 Å². The van der Waals surface area contributed by atoms with Gasteiger partial charge in [-0.15, -0.1) is 0 Å². The number of carbonyl (C=O) groups is 1. The lowest BCUT2D eigenvalue weighted by atomic mass is 9.85. The molecule has 0 radical (unpaired) electrons. The van der Waals surface area contributed by atoms with E-state index in [2.05, 4.69) is 19.2 Å². The summed E-state index contributed by atoms with van der Waals surface area (Å²) in [4.78, 5) is 14.0. The quantitative estimate of drug-likeness (QED) is 0.783. The molecule has 3 heteroatoms. The van der Waals surface area contributed by atoms with Crippen LogP contribution in [0, 0.1) is 5.41 Å². The maximum atomic E-state index is 12.0. The van der Waals surface area contributed by atoms with E-state index in [0.29, 0.717) is 23.9 Å². The normalized spacial score (nSPS) is 28.1. The highest BCUT2D eigenvalue weighted by Gasteiger charge is 2.25. The van der Waals surface area contributed by atoms with Gasteiger partial charge in [0, 0.05) is 19.1 Å². The smallest absolute Gasteiger partial charge is 0.236 e. The van der Waals surface area contributed by atoms with Crippen molar-refractivity contribution in [3.8, 4) is 0 Å². The molecule has 1 aliphatic heterocycles. The first kappa shape index (κ1) is 13.9. The molecule has 18 heavy (non-hydrogen) atoms. The van der Waals surface area contributed by atoms with Gasteiger partial charge in [-0.2, -0.15) is 0 Å². The number of carbonyl (C=O) groups excluding carboxylic acids is 1. The van der Waals surface area contributed by atoms with Crippen molar-refractivity contribution in [1.82, 2.24) is 10.2 Å². The average molecular weight is 252 g/mol. The van der Waals surface area contributed by atoms with Gasteiger partial charge in [-0.25, -0.2) is 0 Å². The third-order valence-corrected chi connectivity index (χ3v) is 4.58. The Balaban J connectivity index is 1.71. The molecule has 1 aliphatic carbocycles. The summed E-state index contributed by atoms with van der Waals surface area (Å²) >= 11 is 0. The van der Waals surface area contributed by atoms with Gasteiger partial charge in [-0.1, -0.05) is 20.3 Å². The lowest BCUT2D eigenvalue weighted by Gasteiger charge is -2.22. The number of hydrogen-bond acceptors (Lipinski definition) is 2. The first-order valence-corrected chi connectivity index (χ1v) is 7.58. The minimum absolute atomic E-state index is 0.302. The van der Waals surface area contributed by atoms with Gasteiger partial charge in [0.1, 0.15) is 0 Å². The van der Waals surface area contributed by atoms with Crippen LogP contribution in [0.5, 0.6) is 0 Å². The number of likely N-dealkylation sites (tertiary alicyclic amines) is 1. The molecule has 0 aromatic carbocycles. The molecular formula is C15H28N2O. The maximum Gasteiger partial charge on any atom is 0.236 e. The number of amides is 1. The number of nitrogens with zero attached hydrogens (tertiary/aromatic N) is 1. The zero-order valence-corrected chi connectivity index (χ0v) is 12.0. The zero-order valence-electron chi connectivity index (χ0n) is 12.0. The molecule has 0 aromatic rings. The fourth-order valence-corrected chi connectivity index (χ4v) is 3.18. The molecule has 0 spiro atoms. The van der Waals surface area contributed by atoms with E-state index in [1.807, 2.05) is 4.90 Å². The molecule has 1 saturated carbocycles. The lowest BCUT2D eigenvalue weighted by Crippen LogP contribution is -2.40. The molecule has 1 amide bonds. The van der Waals surface area contributed by atoms with E-state index in [1.54, 1.807) is 0 Å². The van der Waals surface area contributed by atoms with Crippen LogP contribution < -0.4 is 5.32 Å². The van der Waals surface area contributed by atoms with Gasteiger partial charge < -0.3 is 10.2 Å². The summed E-state index contributed by atoms with van der Waals surface area (Å²) in [5, 5.41) is 3.48. The second-order valence-electron chi connectivity index (χ2n) is 6.76. The Bertz CT molecular complexity index is 282. The summed E-state index contributed by atoms with van der Waals surface area (Å²) < 4.78 is 0. The van der Waals surface area contributed by atoms with Crippen LogP contribution in [-0.4, -0.2) is 36.5 Å². The zero-order chi connectivity index (χ0) is 13.0. The van der Waals surface area contributed by atoms with Crippen LogP contribution in [0.1, 0.15) is 58.8 Å². The van der Waals surface area contributed by atoms with Crippen molar-refractivity contribution in [2.45, 2.75) is 64.8 Å². The molecule has 1 saturated heterocycles. The number of nitrogens with one attached hydrogen (secondary N) is 1. The minimum atomic E-state index is 0.302. The summed E-state index contributed by atoms with van der Waals surface area (Å²) in [5.74, 6) is 0.302. The van der Waals surface area contributed by atoms with Gasteiger partial charge in [-0.05, 0) is 43.9 Å². The number of hydrogen-bond donors (Lipinski definition) is 1. The van der Waals surface area contributed by atoms with Crippen molar-refractivity contribution in [1.29, 1.82) is 0 Å². The average Bonchev–Trinajstić information content (AvgIpc) is 2.79. The Morgan fingerprint density at radius 3 is 2.61 bits per heavy atom. The van der Waals surface area contributed by atoms with Gasteiger partial charge in [0.05, 0.1) is 6.54 Å². The Morgan fingerprint density at radius 1 is 1.17 bits per heavy atom. The highest BCUT2D eigenvalue weighted by molar-refractivity contribution is 5.78. The lowest BCUT2D eigenvalue weighted by molar-refractivity contribution is -0.129. The standard InChI is InChI=1S/C15H28N2O/c1-15(2)8-5-6-13(7-9-15)16-12-14(18)17-10-3-4-11-17/h13,16H,3-12H2,1-2H3. The Hall–Kier alpha value is -0.570. The van der Waals surface area contributed by atoms with Crippen LogP contribution >= 0.6 is 0 Å². The first-order valence-electron chi connectivity index (χ1n) is 7.58. The highest BCUT2D eigenvalue weighted by Crippen LogP contribution is 2.33. The van der Waals surface area contributed by atoms with Gasteiger partial charge in [-0.3, -0.25) is 4.79 Å². The molecule has 104 valence electrons. The molecule has 1 atom stereocenters. The van der Waals surface area contributed by atoms with E-state index >= 15 is 0 Å². The largest absolute Gasteiger partial charge is 0.342 e. The molecule has 2 fully saturated rings. The van der Waals surface area contributed by atoms with E-state index in [9.17, 15) is 4.79 Å². The second kappa shape index (κ2) is 6.05. The van der Waals surface area contributed by atoms with Crippen LogP contribution in [0.2, 0.25) is 0 Å². The Morgan fingerprint density at radius 2 is 1.89 bits per heavy atom. The van der Waals surface area contributed by atoms with Crippen LogP contribution in [0.3, 0.4) is 0 Å². The molecule has 2 rings (SSSR count). The summed E-state index contributed by atoms with van der Waals surface area (Å²) in [7, 11) is 0. The molecule has 1 unspecified atom stereocenters.